The summed E-state index contributed by atoms with van der Waals surface area (Å²) in [6.45, 7) is 2.39. The third-order valence-corrected chi connectivity index (χ3v) is 3.59. The zero-order valence-electron chi connectivity index (χ0n) is 10.3. The van der Waals surface area contributed by atoms with E-state index in [1.807, 2.05) is 0 Å². The van der Waals surface area contributed by atoms with Crippen LogP contribution in [-0.2, 0) is 9.09 Å². The van der Waals surface area contributed by atoms with Crippen molar-refractivity contribution < 1.29 is 19.2 Å². The minimum absolute atomic E-state index is 0.235. The van der Waals surface area contributed by atoms with Crippen LogP contribution in [-0.4, -0.2) is 28.7 Å². The van der Waals surface area contributed by atoms with E-state index in [1.54, 1.807) is 0 Å². The molecule has 0 aliphatic rings. The normalized spacial score (nSPS) is 15.8. The van der Waals surface area contributed by atoms with Gasteiger partial charge in [-0.1, -0.05) is 44.2 Å². The van der Waals surface area contributed by atoms with Gasteiger partial charge in [0.2, 0.25) is 0 Å². The highest BCUT2D eigenvalue weighted by Crippen LogP contribution is 2.41. The van der Waals surface area contributed by atoms with E-state index in [0.717, 1.165) is 19.3 Å². The molecule has 0 spiro atoms. The van der Waals surface area contributed by atoms with E-state index < -0.39 is 13.8 Å². The van der Waals surface area contributed by atoms with Crippen molar-refractivity contribution in [3.63, 3.8) is 0 Å². The van der Waals surface area contributed by atoms with Crippen LogP contribution < -0.4 is 5.73 Å². The van der Waals surface area contributed by atoms with E-state index >= 15 is 0 Å². The maximum absolute atomic E-state index is 11.4. The molecule has 0 aromatic heterocycles. The van der Waals surface area contributed by atoms with E-state index in [2.05, 4.69) is 12.1 Å². The molecule has 0 saturated heterocycles. The molecular formula is C10H23N2O4P. The lowest BCUT2D eigenvalue weighted by Crippen LogP contribution is -2.17. The van der Waals surface area contributed by atoms with Crippen LogP contribution in [0.5, 0.6) is 0 Å². The van der Waals surface area contributed by atoms with Gasteiger partial charge in [0, 0.05) is 0 Å². The summed E-state index contributed by atoms with van der Waals surface area (Å²) >= 11 is 0. The average molecular weight is 266 g/mol. The molecular weight excluding hydrogens is 243 g/mol. The van der Waals surface area contributed by atoms with Crippen LogP contribution in [0.15, 0.2) is 5.16 Å². The maximum Gasteiger partial charge on any atom is 0.335 e. The van der Waals surface area contributed by atoms with Crippen molar-refractivity contribution in [1.82, 2.24) is 0 Å². The molecule has 0 amide bonds. The lowest BCUT2D eigenvalue weighted by Gasteiger charge is -2.10. The summed E-state index contributed by atoms with van der Waals surface area (Å²) in [6.07, 6.45) is 6.04. The monoisotopic (exact) mass is 266 g/mol. The molecule has 1 atom stereocenters. The third kappa shape index (κ3) is 10.3. The van der Waals surface area contributed by atoms with E-state index in [-0.39, 0.29) is 12.4 Å². The standard InChI is InChI=1S/C10H23N2O4P/c1-2-3-4-5-6-7-8-16-17(14,15)9-10(11)12-13/h13H,2-9H2,1H3,(H2,11,12)(H,14,15). The van der Waals surface area contributed by atoms with E-state index in [0.29, 0.717) is 0 Å². The van der Waals surface area contributed by atoms with Crippen LogP contribution in [0.3, 0.4) is 0 Å². The molecule has 17 heavy (non-hydrogen) atoms. The maximum atomic E-state index is 11.4. The highest BCUT2D eigenvalue weighted by molar-refractivity contribution is 7.53. The molecule has 0 rings (SSSR count). The molecule has 0 aliphatic heterocycles. The molecule has 0 aromatic carbocycles. The second-order valence-electron chi connectivity index (χ2n) is 3.99. The fourth-order valence-corrected chi connectivity index (χ4v) is 2.35. The Labute approximate surface area is 102 Å². The molecule has 102 valence electrons. The molecule has 1 unspecified atom stereocenters. The summed E-state index contributed by atoms with van der Waals surface area (Å²) in [5, 5.41) is 10.9. The summed E-state index contributed by atoms with van der Waals surface area (Å²) in [7, 11) is -3.74. The van der Waals surface area contributed by atoms with Crippen molar-refractivity contribution in [2.45, 2.75) is 45.4 Å². The van der Waals surface area contributed by atoms with Crippen molar-refractivity contribution in [3.05, 3.63) is 0 Å². The van der Waals surface area contributed by atoms with Crippen molar-refractivity contribution >= 4 is 13.4 Å². The first-order valence-electron chi connectivity index (χ1n) is 5.94. The van der Waals surface area contributed by atoms with Crippen LogP contribution in [0.25, 0.3) is 0 Å². The van der Waals surface area contributed by atoms with Gasteiger partial charge in [0.15, 0.2) is 5.84 Å². The van der Waals surface area contributed by atoms with E-state index in [9.17, 15) is 9.46 Å². The number of nitrogens with two attached hydrogens (primary N) is 1. The largest absolute Gasteiger partial charge is 0.409 e. The number of hydrogen-bond acceptors (Lipinski definition) is 4. The fourth-order valence-electron chi connectivity index (χ4n) is 1.37. The number of rotatable bonds is 10. The lowest BCUT2D eigenvalue weighted by atomic mass is 10.1. The predicted octanol–water partition coefficient (Wildman–Crippen LogP) is 2.30. The van der Waals surface area contributed by atoms with Crippen molar-refractivity contribution in [3.8, 4) is 0 Å². The quantitative estimate of drug-likeness (QED) is 0.140. The fraction of sp³-hybridized carbons (Fsp3) is 0.900. The third-order valence-electron chi connectivity index (χ3n) is 2.28. The Balaban J connectivity index is 3.56. The molecule has 6 nitrogen and oxygen atoms in total. The predicted molar refractivity (Wildman–Crippen MR) is 67.4 cm³/mol. The van der Waals surface area contributed by atoms with Crippen LogP contribution in [0, 0.1) is 0 Å². The topological polar surface area (TPSA) is 105 Å². The Morgan fingerprint density at radius 3 is 2.47 bits per heavy atom. The molecule has 0 heterocycles. The molecule has 0 aliphatic carbocycles. The molecule has 4 N–H and O–H groups in total. The van der Waals surface area contributed by atoms with Gasteiger partial charge in [0.25, 0.3) is 0 Å². The molecule has 0 fully saturated rings. The smallest absolute Gasteiger partial charge is 0.335 e. The Morgan fingerprint density at radius 1 is 1.29 bits per heavy atom. The van der Waals surface area contributed by atoms with Gasteiger partial charge in [0.05, 0.1) is 6.61 Å². The van der Waals surface area contributed by atoms with Gasteiger partial charge in [-0.2, -0.15) is 0 Å². The van der Waals surface area contributed by atoms with E-state index in [4.69, 9.17) is 15.5 Å². The minimum atomic E-state index is -3.74. The summed E-state index contributed by atoms with van der Waals surface area (Å²) in [4.78, 5) is 9.32. The first kappa shape index (κ1) is 16.4. The minimum Gasteiger partial charge on any atom is -0.409 e. The average Bonchev–Trinajstić information content (AvgIpc) is 2.27. The van der Waals surface area contributed by atoms with Crippen molar-refractivity contribution in [2.75, 3.05) is 12.8 Å². The van der Waals surface area contributed by atoms with Gasteiger partial charge in [-0.15, -0.1) is 0 Å². The molecule has 0 bridgehead atoms. The Hall–Kier alpha value is -0.580. The zero-order valence-corrected chi connectivity index (χ0v) is 11.2. The van der Waals surface area contributed by atoms with Crippen LogP contribution >= 0.6 is 7.60 Å². The second kappa shape index (κ2) is 9.45. The lowest BCUT2D eigenvalue weighted by molar-refractivity contribution is 0.255. The van der Waals surface area contributed by atoms with Gasteiger partial charge < -0.3 is 20.4 Å². The molecule has 0 saturated carbocycles. The highest BCUT2D eigenvalue weighted by atomic mass is 31.2. The van der Waals surface area contributed by atoms with Crippen LogP contribution in [0.4, 0.5) is 0 Å². The zero-order chi connectivity index (χ0) is 13.1. The highest BCUT2D eigenvalue weighted by Gasteiger charge is 2.21. The van der Waals surface area contributed by atoms with Crippen LogP contribution in [0.1, 0.15) is 45.4 Å². The number of nitrogens with zero attached hydrogens (tertiary/aromatic N) is 1. The number of unbranched alkanes of at least 4 members (excludes halogenated alkanes) is 5. The molecule has 0 aromatic rings. The van der Waals surface area contributed by atoms with Crippen molar-refractivity contribution in [2.24, 2.45) is 10.9 Å². The van der Waals surface area contributed by atoms with Gasteiger partial charge >= 0.3 is 7.60 Å². The van der Waals surface area contributed by atoms with Gasteiger partial charge in [-0.05, 0) is 6.42 Å². The molecule has 0 radical (unpaired) electrons. The number of oxime groups is 1. The molecule has 7 heteroatoms. The summed E-state index contributed by atoms with van der Waals surface area (Å²) in [5.41, 5.74) is 5.13. The number of amidine groups is 1. The van der Waals surface area contributed by atoms with Gasteiger partial charge in [-0.3, -0.25) is 4.57 Å². The Morgan fingerprint density at radius 2 is 1.88 bits per heavy atom. The Kier molecular flexibility index (Phi) is 9.13. The Bertz CT molecular complexity index is 271. The second-order valence-corrected chi connectivity index (χ2v) is 5.84. The van der Waals surface area contributed by atoms with Gasteiger partial charge in [0.1, 0.15) is 6.16 Å². The number of hydrogen-bond donors (Lipinski definition) is 3. The van der Waals surface area contributed by atoms with Crippen LogP contribution in [0.2, 0.25) is 0 Å². The summed E-state index contributed by atoms with van der Waals surface area (Å²) in [5.74, 6) is -0.293. The van der Waals surface area contributed by atoms with E-state index in [1.165, 1.54) is 19.3 Å². The SMILES string of the molecule is CCCCCCCCOP(=O)(O)CC(N)=NO. The first-order valence-corrected chi connectivity index (χ1v) is 7.71. The first-order chi connectivity index (χ1) is 8.02. The van der Waals surface area contributed by atoms with Crippen molar-refractivity contribution in [1.29, 1.82) is 0 Å². The summed E-state index contributed by atoms with van der Waals surface area (Å²) < 4.78 is 16.2. The van der Waals surface area contributed by atoms with Gasteiger partial charge in [-0.25, -0.2) is 0 Å². The summed E-state index contributed by atoms with van der Waals surface area (Å²) in [6, 6.07) is 0.